The molecule has 0 saturated heterocycles. The predicted octanol–water partition coefficient (Wildman–Crippen LogP) is 3.48. The average Bonchev–Trinajstić information content (AvgIpc) is 3.05. The molecule has 1 aromatic carbocycles. The minimum absolute atomic E-state index is 0.226. The third-order valence-electron chi connectivity index (χ3n) is 4.10. The maximum absolute atomic E-state index is 13.8. The van der Waals surface area contributed by atoms with Gasteiger partial charge in [0.05, 0.1) is 6.54 Å². The molecule has 0 saturated carbocycles. The van der Waals surface area contributed by atoms with Crippen LogP contribution in [-0.4, -0.2) is 40.1 Å². The molecule has 0 fully saturated rings. The molecule has 0 amide bonds. The van der Waals surface area contributed by atoms with Gasteiger partial charge in [-0.15, -0.1) is 10.2 Å². The number of guanidine groups is 1. The number of rotatable bonds is 10. The summed E-state index contributed by atoms with van der Waals surface area (Å²) in [5.41, 5.74) is 0.589. The number of benzene rings is 1. The summed E-state index contributed by atoms with van der Waals surface area (Å²) in [5, 5.41) is 16.1. The average molecular weight is 407 g/mol. The van der Waals surface area contributed by atoms with Gasteiger partial charge >= 0.3 is 0 Å². The largest absolute Gasteiger partial charge is 0.357 e. The van der Waals surface area contributed by atoms with E-state index < -0.39 is 0 Å². The quantitative estimate of drug-likeness (QED) is 0.274. The van der Waals surface area contributed by atoms with Crippen LogP contribution < -0.4 is 10.6 Å². The lowest BCUT2D eigenvalue weighted by Crippen LogP contribution is -2.38. The number of aryl methyl sites for hydroxylation is 1. The van der Waals surface area contributed by atoms with Gasteiger partial charge in [0, 0.05) is 31.6 Å². The summed E-state index contributed by atoms with van der Waals surface area (Å²) < 4.78 is 16.0. The van der Waals surface area contributed by atoms with Crippen LogP contribution in [-0.2, 0) is 19.5 Å². The number of nitrogens with one attached hydrogen (secondary N) is 2. The van der Waals surface area contributed by atoms with Gasteiger partial charge in [0.15, 0.2) is 11.1 Å². The maximum atomic E-state index is 13.8. The molecular formula is C20H31FN6S. The number of nitrogens with zero attached hydrogens (tertiary/aromatic N) is 4. The van der Waals surface area contributed by atoms with Crippen molar-refractivity contribution in [2.75, 3.05) is 19.3 Å². The summed E-state index contributed by atoms with van der Waals surface area (Å²) in [7, 11) is 0. The SMILES string of the molecule is CCNC(=NCc1ccccc1F)NCCCc1nnc(SC)n1CC(C)C. The number of halogens is 1. The number of thioether (sulfide) groups is 1. The van der Waals surface area contributed by atoms with Gasteiger partial charge in [-0.05, 0) is 31.6 Å². The third kappa shape index (κ3) is 6.82. The Morgan fingerprint density at radius 1 is 1.25 bits per heavy atom. The first-order chi connectivity index (χ1) is 13.5. The van der Waals surface area contributed by atoms with Crippen molar-refractivity contribution >= 4 is 17.7 Å². The molecule has 0 radical (unpaired) electrons. The topological polar surface area (TPSA) is 67.1 Å². The van der Waals surface area contributed by atoms with Crippen LogP contribution in [0.25, 0.3) is 0 Å². The Kier molecular flexibility index (Phi) is 9.27. The van der Waals surface area contributed by atoms with Crippen LogP contribution in [0, 0.1) is 11.7 Å². The molecule has 0 atom stereocenters. The Labute approximate surface area is 171 Å². The molecule has 28 heavy (non-hydrogen) atoms. The number of aromatic nitrogens is 3. The number of aliphatic imine (C=N–C) groups is 1. The number of hydrogen-bond donors (Lipinski definition) is 2. The van der Waals surface area contributed by atoms with Gasteiger partial charge < -0.3 is 15.2 Å². The lowest BCUT2D eigenvalue weighted by atomic mass is 10.2. The van der Waals surface area contributed by atoms with Crippen molar-refractivity contribution in [1.82, 2.24) is 25.4 Å². The van der Waals surface area contributed by atoms with Crippen LogP contribution >= 0.6 is 11.8 Å². The lowest BCUT2D eigenvalue weighted by Gasteiger charge is -2.13. The normalized spacial score (nSPS) is 11.9. The minimum Gasteiger partial charge on any atom is -0.357 e. The first-order valence-electron chi connectivity index (χ1n) is 9.76. The highest BCUT2D eigenvalue weighted by Gasteiger charge is 2.12. The van der Waals surface area contributed by atoms with Gasteiger partial charge in [-0.25, -0.2) is 9.38 Å². The Morgan fingerprint density at radius 2 is 2.04 bits per heavy atom. The van der Waals surface area contributed by atoms with Crippen LogP contribution in [0.5, 0.6) is 0 Å². The van der Waals surface area contributed by atoms with Crippen molar-refractivity contribution in [3.63, 3.8) is 0 Å². The fraction of sp³-hybridized carbons (Fsp3) is 0.550. The van der Waals surface area contributed by atoms with Crippen LogP contribution in [0.2, 0.25) is 0 Å². The zero-order valence-electron chi connectivity index (χ0n) is 17.2. The Balaban J connectivity index is 1.89. The molecule has 154 valence electrons. The first kappa shape index (κ1) is 22.2. The van der Waals surface area contributed by atoms with Crippen molar-refractivity contribution in [1.29, 1.82) is 0 Å². The molecule has 1 heterocycles. The standard InChI is InChI=1S/C20H31FN6S/c1-5-22-19(24-13-16-9-6-7-10-17(16)21)23-12-8-11-18-25-26-20(28-4)27(18)14-15(2)3/h6-7,9-10,15H,5,8,11-14H2,1-4H3,(H2,22,23,24). The van der Waals surface area contributed by atoms with Crippen molar-refractivity contribution in [3.8, 4) is 0 Å². The highest BCUT2D eigenvalue weighted by atomic mass is 32.2. The monoisotopic (exact) mass is 406 g/mol. The van der Waals surface area contributed by atoms with E-state index in [9.17, 15) is 4.39 Å². The van der Waals surface area contributed by atoms with E-state index in [-0.39, 0.29) is 5.82 Å². The smallest absolute Gasteiger partial charge is 0.191 e. The van der Waals surface area contributed by atoms with Gasteiger partial charge in [0.1, 0.15) is 11.6 Å². The zero-order chi connectivity index (χ0) is 20.4. The summed E-state index contributed by atoms with van der Waals surface area (Å²) in [6, 6.07) is 6.73. The molecule has 0 spiro atoms. The van der Waals surface area contributed by atoms with Crippen molar-refractivity contribution < 1.29 is 4.39 Å². The fourth-order valence-corrected chi connectivity index (χ4v) is 3.31. The van der Waals surface area contributed by atoms with E-state index in [0.717, 1.165) is 43.5 Å². The fourth-order valence-electron chi connectivity index (χ4n) is 2.79. The zero-order valence-corrected chi connectivity index (χ0v) is 18.0. The molecule has 2 rings (SSSR count). The predicted molar refractivity (Wildman–Crippen MR) is 114 cm³/mol. The molecule has 0 bridgehead atoms. The van der Waals surface area contributed by atoms with Crippen molar-refractivity contribution in [3.05, 3.63) is 41.5 Å². The van der Waals surface area contributed by atoms with Crippen LogP contribution in [0.15, 0.2) is 34.4 Å². The highest BCUT2D eigenvalue weighted by molar-refractivity contribution is 7.98. The van der Waals surface area contributed by atoms with Gasteiger partial charge in [0.2, 0.25) is 0 Å². The Morgan fingerprint density at radius 3 is 2.71 bits per heavy atom. The number of hydrogen-bond acceptors (Lipinski definition) is 4. The molecule has 0 aliphatic carbocycles. The van der Waals surface area contributed by atoms with Gasteiger partial charge in [-0.1, -0.05) is 43.8 Å². The summed E-state index contributed by atoms with van der Waals surface area (Å²) in [5.74, 6) is 2.04. The van der Waals surface area contributed by atoms with Crippen LogP contribution in [0.3, 0.4) is 0 Å². The van der Waals surface area contributed by atoms with Gasteiger partial charge in [0.25, 0.3) is 0 Å². The first-order valence-corrected chi connectivity index (χ1v) is 11.0. The van der Waals surface area contributed by atoms with Crippen LogP contribution in [0.4, 0.5) is 4.39 Å². The van der Waals surface area contributed by atoms with E-state index in [1.807, 2.05) is 19.2 Å². The third-order valence-corrected chi connectivity index (χ3v) is 4.77. The molecule has 8 heteroatoms. The summed E-state index contributed by atoms with van der Waals surface area (Å²) in [6.45, 7) is 9.16. The van der Waals surface area contributed by atoms with E-state index in [2.05, 4.69) is 44.2 Å². The molecule has 1 aromatic heterocycles. The molecule has 0 aliphatic rings. The second kappa shape index (κ2) is 11.7. The lowest BCUT2D eigenvalue weighted by molar-refractivity contribution is 0.477. The minimum atomic E-state index is -0.226. The Bertz CT molecular complexity index is 759. The van der Waals surface area contributed by atoms with E-state index in [0.29, 0.717) is 24.0 Å². The van der Waals surface area contributed by atoms with E-state index in [4.69, 9.17) is 0 Å². The second-order valence-electron chi connectivity index (χ2n) is 6.92. The summed E-state index contributed by atoms with van der Waals surface area (Å²) in [4.78, 5) is 4.48. The van der Waals surface area contributed by atoms with Crippen molar-refractivity contribution in [2.24, 2.45) is 10.9 Å². The summed E-state index contributed by atoms with van der Waals surface area (Å²) in [6.07, 6.45) is 3.79. The maximum Gasteiger partial charge on any atom is 0.191 e. The molecule has 2 N–H and O–H groups in total. The molecule has 2 aromatic rings. The second-order valence-corrected chi connectivity index (χ2v) is 7.70. The van der Waals surface area contributed by atoms with Crippen molar-refractivity contribution in [2.45, 2.75) is 51.9 Å². The van der Waals surface area contributed by atoms with E-state index in [1.54, 1.807) is 23.9 Å². The highest BCUT2D eigenvalue weighted by Crippen LogP contribution is 2.16. The van der Waals surface area contributed by atoms with Crippen LogP contribution in [0.1, 0.15) is 38.6 Å². The van der Waals surface area contributed by atoms with E-state index >= 15 is 0 Å². The van der Waals surface area contributed by atoms with Gasteiger partial charge in [-0.2, -0.15) is 0 Å². The molecule has 0 aliphatic heterocycles. The summed E-state index contributed by atoms with van der Waals surface area (Å²) >= 11 is 1.63. The van der Waals surface area contributed by atoms with Gasteiger partial charge in [-0.3, -0.25) is 0 Å². The van der Waals surface area contributed by atoms with E-state index in [1.165, 1.54) is 6.07 Å². The Hall–Kier alpha value is -2.09. The molecule has 0 unspecified atom stereocenters. The molecule has 6 nitrogen and oxygen atoms in total. The molecular weight excluding hydrogens is 375 g/mol.